The smallest absolute Gasteiger partial charge is 0.0458 e. The molecule has 0 heterocycles. The molecule has 2 rings (SSSR count). The average molecular weight is 238 g/mol. The Morgan fingerprint density at radius 2 is 1.39 bits per heavy atom. The molecule has 2 aromatic rings. The normalized spacial score (nSPS) is 11.3. The van der Waals surface area contributed by atoms with Gasteiger partial charge in [-0.2, -0.15) is 0 Å². The topological polar surface area (TPSA) is 29.3 Å². The summed E-state index contributed by atoms with van der Waals surface area (Å²) in [6.07, 6.45) is 2.06. The van der Waals surface area contributed by atoms with Crippen molar-refractivity contribution < 1.29 is 0 Å². The van der Waals surface area contributed by atoms with E-state index < -0.39 is 0 Å². The van der Waals surface area contributed by atoms with Gasteiger partial charge >= 0.3 is 0 Å². The molecule has 0 aliphatic carbocycles. The molecule has 0 aliphatic rings. The van der Waals surface area contributed by atoms with E-state index in [0.29, 0.717) is 6.54 Å². The number of para-hydroxylation sites is 2. The van der Waals surface area contributed by atoms with Crippen LogP contribution in [0.15, 0.2) is 72.4 Å². The van der Waals surface area contributed by atoms with Crippen molar-refractivity contribution in [1.29, 1.82) is 0 Å². The first kappa shape index (κ1) is 12.4. The van der Waals surface area contributed by atoms with Gasteiger partial charge in [-0.15, -0.1) is 0 Å². The third-order valence-corrected chi connectivity index (χ3v) is 2.86. The van der Waals surface area contributed by atoms with Crippen molar-refractivity contribution in [3.05, 3.63) is 72.4 Å². The van der Waals surface area contributed by atoms with E-state index in [9.17, 15) is 0 Å². The molecule has 0 saturated carbocycles. The van der Waals surface area contributed by atoms with Crippen molar-refractivity contribution in [2.75, 3.05) is 11.4 Å². The Hall–Kier alpha value is -2.06. The molecule has 0 radical (unpaired) electrons. The van der Waals surface area contributed by atoms with E-state index in [1.807, 2.05) is 43.3 Å². The maximum Gasteiger partial charge on any atom is 0.0458 e. The summed E-state index contributed by atoms with van der Waals surface area (Å²) in [4.78, 5) is 2.18. The zero-order valence-electron chi connectivity index (χ0n) is 10.6. The Bertz CT molecular complexity index is 464. The molecule has 0 atom stereocenters. The van der Waals surface area contributed by atoms with Crippen LogP contribution in [0.25, 0.3) is 0 Å². The average Bonchev–Trinajstić information content (AvgIpc) is 2.46. The molecule has 0 spiro atoms. The van der Waals surface area contributed by atoms with Gasteiger partial charge in [-0.25, -0.2) is 0 Å². The molecule has 0 aliphatic heterocycles. The van der Waals surface area contributed by atoms with Crippen molar-refractivity contribution in [2.45, 2.75) is 6.92 Å². The highest BCUT2D eigenvalue weighted by atomic mass is 15.2. The number of nitrogens with two attached hydrogens (primary N) is 1. The van der Waals surface area contributed by atoms with E-state index in [4.69, 9.17) is 5.73 Å². The summed E-state index contributed by atoms with van der Waals surface area (Å²) in [5, 5.41) is 0. The van der Waals surface area contributed by atoms with E-state index in [2.05, 4.69) is 35.2 Å². The van der Waals surface area contributed by atoms with E-state index in [0.717, 1.165) is 17.1 Å². The van der Waals surface area contributed by atoms with Crippen LogP contribution in [0.1, 0.15) is 6.92 Å². The number of anilines is 2. The van der Waals surface area contributed by atoms with Crippen molar-refractivity contribution >= 4 is 11.4 Å². The number of hydrogen-bond acceptors (Lipinski definition) is 2. The van der Waals surface area contributed by atoms with E-state index in [-0.39, 0.29) is 0 Å². The predicted octanol–water partition coefficient (Wildman–Crippen LogP) is 3.69. The summed E-state index contributed by atoms with van der Waals surface area (Å²) in [7, 11) is 0. The van der Waals surface area contributed by atoms with Gasteiger partial charge in [0, 0.05) is 23.6 Å². The highest BCUT2D eigenvalue weighted by molar-refractivity contribution is 5.68. The molecule has 0 bridgehead atoms. The van der Waals surface area contributed by atoms with Crippen LogP contribution in [0.5, 0.6) is 0 Å². The van der Waals surface area contributed by atoms with Gasteiger partial charge in [-0.1, -0.05) is 42.5 Å². The minimum atomic E-state index is 0.514. The summed E-state index contributed by atoms with van der Waals surface area (Å²) in [6, 6.07) is 20.5. The first-order valence-corrected chi connectivity index (χ1v) is 6.12. The van der Waals surface area contributed by atoms with Crippen LogP contribution in [0, 0.1) is 0 Å². The summed E-state index contributed by atoms with van der Waals surface area (Å²) in [5.41, 5.74) is 9.19. The van der Waals surface area contributed by atoms with Crippen LogP contribution in [-0.2, 0) is 0 Å². The Morgan fingerprint density at radius 1 is 0.944 bits per heavy atom. The van der Waals surface area contributed by atoms with Crippen LogP contribution < -0.4 is 10.6 Å². The third-order valence-electron chi connectivity index (χ3n) is 2.86. The zero-order chi connectivity index (χ0) is 12.8. The Morgan fingerprint density at radius 3 is 1.72 bits per heavy atom. The van der Waals surface area contributed by atoms with Crippen LogP contribution >= 0.6 is 0 Å². The van der Waals surface area contributed by atoms with Gasteiger partial charge in [-0.05, 0) is 31.2 Å². The molecule has 2 heteroatoms. The van der Waals surface area contributed by atoms with Gasteiger partial charge in [-0.3, -0.25) is 0 Å². The minimum absolute atomic E-state index is 0.514. The van der Waals surface area contributed by atoms with E-state index in [1.165, 1.54) is 0 Å². The molecule has 2 nitrogen and oxygen atoms in total. The fraction of sp³-hybridized carbons (Fsp3) is 0.125. The highest BCUT2D eigenvalue weighted by Crippen LogP contribution is 2.28. The molecule has 0 unspecified atom stereocenters. The van der Waals surface area contributed by atoms with Crippen molar-refractivity contribution in [3.8, 4) is 0 Å². The standard InChI is InChI=1S/C16H18N2/c1-2-14(13-17)18(15-9-5-3-6-10-15)16-11-7-4-8-12-16/h2-12H,13,17H2,1H3/b14-2-. The molecule has 2 aromatic carbocycles. The first-order chi connectivity index (χ1) is 8.86. The first-order valence-electron chi connectivity index (χ1n) is 6.12. The fourth-order valence-electron chi connectivity index (χ4n) is 1.97. The lowest BCUT2D eigenvalue weighted by Crippen LogP contribution is -2.22. The zero-order valence-corrected chi connectivity index (χ0v) is 10.6. The Labute approximate surface area is 108 Å². The number of allylic oxidation sites excluding steroid dienone is 1. The Kier molecular flexibility index (Phi) is 4.15. The van der Waals surface area contributed by atoms with Crippen LogP contribution in [0.3, 0.4) is 0 Å². The van der Waals surface area contributed by atoms with Gasteiger partial charge in [0.1, 0.15) is 0 Å². The second kappa shape index (κ2) is 6.03. The molecule has 0 amide bonds. The molecule has 0 aromatic heterocycles. The van der Waals surface area contributed by atoms with Gasteiger partial charge in [0.05, 0.1) is 0 Å². The molecular formula is C16H18N2. The molecule has 2 N–H and O–H groups in total. The monoisotopic (exact) mass is 238 g/mol. The summed E-state index contributed by atoms with van der Waals surface area (Å²) >= 11 is 0. The minimum Gasteiger partial charge on any atom is -0.325 e. The Balaban J connectivity index is 2.48. The third kappa shape index (κ3) is 2.60. The number of rotatable bonds is 4. The lowest BCUT2D eigenvalue weighted by molar-refractivity contribution is 1.04. The van der Waals surface area contributed by atoms with Crippen molar-refractivity contribution in [3.63, 3.8) is 0 Å². The van der Waals surface area contributed by atoms with Crippen molar-refractivity contribution in [2.24, 2.45) is 5.73 Å². The molecule has 18 heavy (non-hydrogen) atoms. The maximum absolute atomic E-state index is 5.85. The SMILES string of the molecule is C/C=C(/CN)N(c1ccccc1)c1ccccc1. The van der Waals surface area contributed by atoms with Gasteiger partial charge in [0.15, 0.2) is 0 Å². The molecule has 0 fully saturated rings. The van der Waals surface area contributed by atoms with Crippen LogP contribution in [-0.4, -0.2) is 6.54 Å². The van der Waals surface area contributed by atoms with Crippen LogP contribution in [0.2, 0.25) is 0 Å². The lowest BCUT2D eigenvalue weighted by atomic mass is 10.2. The summed E-state index contributed by atoms with van der Waals surface area (Å²) in [5.74, 6) is 0. The number of benzene rings is 2. The van der Waals surface area contributed by atoms with E-state index in [1.54, 1.807) is 0 Å². The van der Waals surface area contributed by atoms with Crippen LogP contribution in [0.4, 0.5) is 11.4 Å². The second-order valence-corrected chi connectivity index (χ2v) is 3.99. The lowest BCUT2D eigenvalue weighted by Gasteiger charge is -2.27. The second-order valence-electron chi connectivity index (χ2n) is 3.99. The highest BCUT2D eigenvalue weighted by Gasteiger charge is 2.11. The molecular weight excluding hydrogens is 220 g/mol. The van der Waals surface area contributed by atoms with Gasteiger partial charge in [0.25, 0.3) is 0 Å². The summed E-state index contributed by atoms with van der Waals surface area (Å²) < 4.78 is 0. The quantitative estimate of drug-likeness (QED) is 0.880. The van der Waals surface area contributed by atoms with Gasteiger partial charge < -0.3 is 10.6 Å². The number of nitrogens with zero attached hydrogens (tertiary/aromatic N) is 1. The maximum atomic E-state index is 5.85. The number of hydrogen-bond donors (Lipinski definition) is 1. The largest absolute Gasteiger partial charge is 0.325 e. The molecule has 92 valence electrons. The van der Waals surface area contributed by atoms with Gasteiger partial charge in [0.2, 0.25) is 0 Å². The predicted molar refractivity (Wildman–Crippen MR) is 77.8 cm³/mol. The fourth-order valence-corrected chi connectivity index (χ4v) is 1.97. The summed E-state index contributed by atoms with van der Waals surface area (Å²) in [6.45, 7) is 2.53. The molecule has 0 saturated heterocycles. The van der Waals surface area contributed by atoms with E-state index >= 15 is 0 Å². The van der Waals surface area contributed by atoms with Crippen molar-refractivity contribution in [1.82, 2.24) is 0 Å².